The maximum Gasteiger partial charge on any atom is 0.303 e. The highest BCUT2D eigenvalue weighted by Crippen LogP contribution is 2.30. The molecule has 0 bridgehead atoms. The van der Waals surface area contributed by atoms with Crippen molar-refractivity contribution in [2.24, 2.45) is 0 Å². The number of aliphatic carboxylic acids is 1. The lowest BCUT2D eigenvalue weighted by molar-refractivity contribution is -0.137. The van der Waals surface area contributed by atoms with Crippen LogP contribution in [0.25, 0.3) is 0 Å². The number of benzene rings is 2. The lowest BCUT2D eigenvalue weighted by Gasteiger charge is -2.16. The van der Waals surface area contributed by atoms with Crippen LogP contribution in [0.2, 0.25) is 10.0 Å². The molecular formula is C20H21Cl2NO3. The summed E-state index contributed by atoms with van der Waals surface area (Å²) in [5.41, 5.74) is 1.92. The molecule has 0 aromatic heterocycles. The Balaban J connectivity index is 1.87. The number of amides is 1. The summed E-state index contributed by atoms with van der Waals surface area (Å²) in [4.78, 5) is 23.4. The van der Waals surface area contributed by atoms with Crippen molar-refractivity contribution in [3.8, 4) is 0 Å². The molecule has 0 saturated carbocycles. The van der Waals surface area contributed by atoms with Crippen molar-refractivity contribution in [3.63, 3.8) is 0 Å². The quantitative estimate of drug-likeness (QED) is 0.607. The third-order valence-electron chi connectivity index (χ3n) is 4.08. The van der Waals surface area contributed by atoms with Crippen molar-refractivity contribution < 1.29 is 14.7 Å². The van der Waals surface area contributed by atoms with Gasteiger partial charge >= 0.3 is 5.97 Å². The molecule has 0 aliphatic rings. The van der Waals surface area contributed by atoms with Gasteiger partial charge in [-0.1, -0.05) is 59.6 Å². The second kappa shape index (κ2) is 10.2. The zero-order valence-corrected chi connectivity index (χ0v) is 15.8. The molecule has 1 atom stereocenters. The van der Waals surface area contributed by atoms with Gasteiger partial charge in [-0.15, -0.1) is 0 Å². The van der Waals surface area contributed by atoms with Crippen LogP contribution in [0.5, 0.6) is 0 Å². The number of nitrogens with one attached hydrogen (secondary N) is 1. The SMILES string of the molecule is O=C(O)CC(CC(=O)NCCCc1ccccc1)c1ccc(Cl)c(Cl)c1. The smallest absolute Gasteiger partial charge is 0.303 e. The van der Waals surface area contributed by atoms with Gasteiger partial charge in [-0.25, -0.2) is 0 Å². The molecule has 4 nitrogen and oxygen atoms in total. The zero-order valence-electron chi connectivity index (χ0n) is 14.3. The fraction of sp³-hybridized carbons (Fsp3) is 0.300. The maximum absolute atomic E-state index is 12.2. The molecule has 2 aromatic carbocycles. The second-order valence-corrected chi connectivity index (χ2v) is 6.93. The van der Waals surface area contributed by atoms with Gasteiger partial charge in [0.15, 0.2) is 0 Å². The highest BCUT2D eigenvalue weighted by molar-refractivity contribution is 6.42. The first kappa shape index (κ1) is 20.3. The maximum atomic E-state index is 12.2. The highest BCUT2D eigenvalue weighted by atomic mass is 35.5. The fourth-order valence-corrected chi connectivity index (χ4v) is 3.05. The molecule has 0 fully saturated rings. The second-order valence-electron chi connectivity index (χ2n) is 6.11. The van der Waals surface area contributed by atoms with Gasteiger partial charge in [0.05, 0.1) is 16.5 Å². The minimum Gasteiger partial charge on any atom is -0.481 e. The van der Waals surface area contributed by atoms with Crippen molar-refractivity contribution in [3.05, 3.63) is 69.7 Å². The molecule has 0 aliphatic carbocycles. The van der Waals surface area contributed by atoms with Gasteiger partial charge in [-0.3, -0.25) is 9.59 Å². The standard InChI is InChI=1S/C20H21Cl2NO3/c21-17-9-8-15(11-18(17)22)16(13-20(25)26)12-19(24)23-10-4-7-14-5-2-1-3-6-14/h1-3,5-6,8-9,11,16H,4,7,10,12-13H2,(H,23,24)(H,25,26). The monoisotopic (exact) mass is 393 g/mol. The van der Waals surface area contributed by atoms with E-state index in [0.29, 0.717) is 22.2 Å². The summed E-state index contributed by atoms with van der Waals surface area (Å²) in [6.07, 6.45) is 1.66. The van der Waals surface area contributed by atoms with Crippen LogP contribution in [-0.4, -0.2) is 23.5 Å². The van der Waals surface area contributed by atoms with Crippen molar-refractivity contribution in [1.29, 1.82) is 0 Å². The van der Waals surface area contributed by atoms with Gasteiger partial charge in [0.25, 0.3) is 0 Å². The summed E-state index contributed by atoms with van der Waals surface area (Å²) in [6, 6.07) is 15.0. The van der Waals surface area contributed by atoms with E-state index in [1.807, 2.05) is 18.2 Å². The van der Waals surface area contributed by atoms with Gasteiger partial charge in [0, 0.05) is 18.9 Å². The van der Waals surface area contributed by atoms with Crippen molar-refractivity contribution >= 4 is 35.1 Å². The van der Waals surface area contributed by atoms with E-state index in [1.54, 1.807) is 18.2 Å². The number of carbonyl (C=O) groups is 2. The number of hydrogen-bond acceptors (Lipinski definition) is 2. The van der Waals surface area contributed by atoms with Gasteiger partial charge in [-0.2, -0.15) is 0 Å². The van der Waals surface area contributed by atoms with E-state index in [1.165, 1.54) is 5.56 Å². The van der Waals surface area contributed by atoms with Crippen LogP contribution < -0.4 is 5.32 Å². The Hall–Kier alpha value is -2.04. The number of hydrogen-bond donors (Lipinski definition) is 2. The third-order valence-corrected chi connectivity index (χ3v) is 4.81. The topological polar surface area (TPSA) is 66.4 Å². The summed E-state index contributed by atoms with van der Waals surface area (Å²) < 4.78 is 0. The Labute approximate surface area is 163 Å². The van der Waals surface area contributed by atoms with E-state index in [4.69, 9.17) is 28.3 Å². The van der Waals surface area contributed by atoms with Crippen molar-refractivity contribution in [2.75, 3.05) is 6.54 Å². The molecule has 1 amide bonds. The molecule has 0 spiro atoms. The van der Waals surface area contributed by atoms with E-state index in [2.05, 4.69) is 17.4 Å². The molecule has 0 heterocycles. The van der Waals surface area contributed by atoms with Crippen molar-refractivity contribution in [2.45, 2.75) is 31.6 Å². The number of carboxylic acid groups (broad SMARTS) is 1. The number of carboxylic acids is 1. The Kier molecular flexibility index (Phi) is 7.95. The molecule has 138 valence electrons. The van der Waals surface area contributed by atoms with Crippen molar-refractivity contribution in [1.82, 2.24) is 5.32 Å². The summed E-state index contributed by atoms with van der Waals surface area (Å²) in [7, 11) is 0. The first-order chi connectivity index (χ1) is 12.5. The van der Waals surface area contributed by atoms with E-state index in [9.17, 15) is 9.59 Å². The Bertz CT molecular complexity index is 750. The van der Waals surface area contributed by atoms with Crippen LogP contribution in [0.1, 0.15) is 36.3 Å². The Morgan fingerprint density at radius 1 is 1.00 bits per heavy atom. The van der Waals surface area contributed by atoms with Crippen LogP contribution in [0.15, 0.2) is 48.5 Å². The average Bonchev–Trinajstić information content (AvgIpc) is 2.61. The predicted molar refractivity (Wildman–Crippen MR) is 104 cm³/mol. The molecule has 26 heavy (non-hydrogen) atoms. The lowest BCUT2D eigenvalue weighted by Crippen LogP contribution is -2.27. The average molecular weight is 394 g/mol. The number of aryl methyl sites for hydroxylation is 1. The molecule has 0 saturated heterocycles. The summed E-state index contributed by atoms with van der Waals surface area (Å²) in [5.74, 6) is -1.58. The minimum absolute atomic E-state index is 0.0929. The highest BCUT2D eigenvalue weighted by Gasteiger charge is 2.20. The van der Waals surface area contributed by atoms with E-state index >= 15 is 0 Å². The lowest BCUT2D eigenvalue weighted by atomic mass is 9.92. The number of carbonyl (C=O) groups excluding carboxylic acids is 1. The number of halogens is 2. The largest absolute Gasteiger partial charge is 0.481 e. The Morgan fingerprint density at radius 2 is 1.73 bits per heavy atom. The van der Waals surface area contributed by atoms with Gasteiger partial charge in [0.1, 0.15) is 0 Å². The van der Waals surface area contributed by atoms with E-state index in [0.717, 1.165) is 12.8 Å². The molecule has 0 aliphatic heterocycles. The van der Waals surface area contributed by atoms with Gasteiger partial charge in [0.2, 0.25) is 5.91 Å². The summed E-state index contributed by atoms with van der Waals surface area (Å²) in [5, 5.41) is 12.7. The fourth-order valence-electron chi connectivity index (χ4n) is 2.75. The molecule has 6 heteroatoms. The first-order valence-electron chi connectivity index (χ1n) is 8.43. The van der Waals surface area contributed by atoms with Crippen LogP contribution >= 0.6 is 23.2 Å². The summed E-state index contributed by atoms with van der Waals surface area (Å²) >= 11 is 11.9. The van der Waals surface area contributed by atoms with Crippen LogP contribution in [0, 0.1) is 0 Å². The van der Waals surface area contributed by atoms with Crippen LogP contribution in [-0.2, 0) is 16.0 Å². The van der Waals surface area contributed by atoms with E-state index < -0.39 is 11.9 Å². The van der Waals surface area contributed by atoms with Crippen LogP contribution in [0.3, 0.4) is 0 Å². The van der Waals surface area contributed by atoms with Crippen LogP contribution in [0.4, 0.5) is 0 Å². The third kappa shape index (κ3) is 6.70. The molecular weight excluding hydrogens is 373 g/mol. The zero-order chi connectivity index (χ0) is 18.9. The minimum atomic E-state index is -0.960. The Morgan fingerprint density at radius 3 is 2.38 bits per heavy atom. The molecule has 1 unspecified atom stereocenters. The predicted octanol–water partition coefficient (Wildman–Crippen LogP) is 4.69. The first-order valence-corrected chi connectivity index (χ1v) is 9.18. The number of rotatable bonds is 9. The van der Waals surface area contributed by atoms with E-state index in [-0.39, 0.29) is 18.7 Å². The molecule has 2 rings (SSSR count). The summed E-state index contributed by atoms with van der Waals surface area (Å²) in [6.45, 7) is 0.550. The molecule has 2 aromatic rings. The molecule has 2 N–H and O–H groups in total. The normalized spacial score (nSPS) is 11.8. The van der Waals surface area contributed by atoms with Gasteiger partial charge in [-0.05, 0) is 36.1 Å². The molecule has 0 radical (unpaired) electrons. The van der Waals surface area contributed by atoms with Gasteiger partial charge < -0.3 is 10.4 Å².